The number of hydrogen-bond donors (Lipinski definition) is 1. The summed E-state index contributed by atoms with van der Waals surface area (Å²) in [7, 11) is -3.62. The largest absolute Gasteiger partial charge is 0.354 e. The lowest BCUT2D eigenvalue weighted by atomic mass is 10.2. The Balaban J connectivity index is 1.21. The molecule has 1 N–H and O–H groups in total. The molecular weight excluding hydrogens is 444 g/mol. The molecule has 0 saturated carbocycles. The molecule has 0 bridgehead atoms. The van der Waals surface area contributed by atoms with E-state index in [1.54, 1.807) is 35.6 Å². The maximum atomic E-state index is 12.4. The zero-order chi connectivity index (χ0) is 22.7. The van der Waals surface area contributed by atoms with Crippen molar-refractivity contribution >= 4 is 42.4 Å². The molecule has 3 aromatic rings. The van der Waals surface area contributed by atoms with E-state index in [1.807, 2.05) is 6.92 Å². The SMILES string of the molecule is Cc1ccc(S(=O)(=O)CC(=O)NCCN2CCN(c3nc4ccc(C)cc4s3)CC2)cc1. The first kappa shape index (κ1) is 22.7. The van der Waals surface area contributed by atoms with Gasteiger partial charge >= 0.3 is 0 Å². The van der Waals surface area contributed by atoms with Gasteiger partial charge in [-0.25, -0.2) is 13.4 Å². The number of hydrogen-bond acceptors (Lipinski definition) is 7. The van der Waals surface area contributed by atoms with E-state index < -0.39 is 21.5 Å². The van der Waals surface area contributed by atoms with Gasteiger partial charge in [0, 0.05) is 39.3 Å². The van der Waals surface area contributed by atoms with Crippen LogP contribution in [0.2, 0.25) is 0 Å². The molecule has 0 unspecified atom stereocenters. The fourth-order valence-corrected chi connectivity index (χ4v) is 6.00. The Morgan fingerprint density at radius 3 is 2.44 bits per heavy atom. The molecule has 1 aliphatic rings. The van der Waals surface area contributed by atoms with Crippen LogP contribution in [0.15, 0.2) is 47.4 Å². The molecule has 2 aromatic carbocycles. The fourth-order valence-electron chi connectivity index (χ4n) is 3.72. The van der Waals surface area contributed by atoms with Crippen molar-refractivity contribution in [3.05, 3.63) is 53.6 Å². The van der Waals surface area contributed by atoms with E-state index in [4.69, 9.17) is 4.98 Å². The number of nitrogens with zero attached hydrogens (tertiary/aromatic N) is 3. The predicted molar refractivity (Wildman–Crippen MR) is 129 cm³/mol. The van der Waals surface area contributed by atoms with E-state index in [2.05, 4.69) is 40.2 Å². The van der Waals surface area contributed by atoms with Gasteiger partial charge in [-0.1, -0.05) is 35.1 Å². The highest BCUT2D eigenvalue weighted by molar-refractivity contribution is 7.92. The number of fused-ring (bicyclic) bond motifs is 1. The Morgan fingerprint density at radius 1 is 1.03 bits per heavy atom. The summed E-state index contributed by atoms with van der Waals surface area (Å²) in [5.74, 6) is -0.991. The third-order valence-electron chi connectivity index (χ3n) is 5.63. The zero-order valence-electron chi connectivity index (χ0n) is 18.4. The van der Waals surface area contributed by atoms with Crippen LogP contribution in [0.1, 0.15) is 11.1 Å². The number of sulfone groups is 1. The summed E-state index contributed by atoms with van der Waals surface area (Å²) in [6, 6.07) is 12.9. The van der Waals surface area contributed by atoms with Crippen molar-refractivity contribution in [2.24, 2.45) is 0 Å². The first-order chi connectivity index (χ1) is 15.3. The van der Waals surface area contributed by atoms with Gasteiger partial charge in [0.05, 0.1) is 15.1 Å². The first-order valence-corrected chi connectivity index (χ1v) is 13.2. The molecule has 0 aliphatic carbocycles. The number of piperazine rings is 1. The molecule has 1 aromatic heterocycles. The van der Waals surface area contributed by atoms with Crippen molar-refractivity contribution in [1.82, 2.24) is 15.2 Å². The molecule has 0 radical (unpaired) electrons. The summed E-state index contributed by atoms with van der Waals surface area (Å²) in [6.07, 6.45) is 0. The third kappa shape index (κ3) is 5.46. The van der Waals surface area contributed by atoms with Gasteiger partial charge in [-0.05, 0) is 43.7 Å². The summed E-state index contributed by atoms with van der Waals surface area (Å²) in [6.45, 7) is 8.64. The lowest BCUT2D eigenvalue weighted by molar-refractivity contribution is -0.118. The number of aryl methyl sites for hydroxylation is 2. The molecule has 4 rings (SSSR count). The van der Waals surface area contributed by atoms with Crippen LogP contribution in [0.4, 0.5) is 5.13 Å². The average Bonchev–Trinajstić information content (AvgIpc) is 3.17. The molecule has 1 saturated heterocycles. The van der Waals surface area contributed by atoms with Gasteiger partial charge in [-0.15, -0.1) is 0 Å². The Bertz CT molecular complexity index is 1200. The number of amides is 1. The highest BCUT2D eigenvalue weighted by Crippen LogP contribution is 2.30. The Hall–Kier alpha value is -2.49. The van der Waals surface area contributed by atoms with Crippen LogP contribution in [0.3, 0.4) is 0 Å². The minimum absolute atomic E-state index is 0.180. The maximum Gasteiger partial charge on any atom is 0.235 e. The molecule has 32 heavy (non-hydrogen) atoms. The molecule has 1 aliphatic heterocycles. The number of anilines is 1. The smallest absolute Gasteiger partial charge is 0.235 e. The Kier molecular flexibility index (Phi) is 6.78. The van der Waals surface area contributed by atoms with Gasteiger partial charge in [-0.2, -0.15) is 0 Å². The summed E-state index contributed by atoms with van der Waals surface area (Å²) in [4.78, 5) is 21.7. The van der Waals surface area contributed by atoms with Crippen molar-refractivity contribution in [3.63, 3.8) is 0 Å². The summed E-state index contributed by atoms with van der Waals surface area (Å²) in [5, 5.41) is 3.80. The van der Waals surface area contributed by atoms with Crippen LogP contribution >= 0.6 is 11.3 Å². The van der Waals surface area contributed by atoms with Crippen molar-refractivity contribution < 1.29 is 13.2 Å². The summed E-state index contributed by atoms with van der Waals surface area (Å²) < 4.78 is 26.0. The highest BCUT2D eigenvalue weighted by atomic mass is 32.2. The predicted octanol–water partition coefficient (Wildman–Crippen LogP) is 2.63. The maximum absolute atomic E-state index is 12.4. The molecule has 2 heterocycles. The molecule has 7 nitrogen and oxygen atoms in total. The topological polar surface area (TPSA) is 82.6 Å². The van der Waals surface area contributed by atoms with E-state index in [-0.39, 0.29) is 4.90 Å². The highest BCUT2D eigenvalue weighted by Gasteiger charge is 2.21. The molecule has 1 fully saturated rings. The number of thiazole rings is 1. The van der Waals surface area contributed by atoms with Gasteiger partial charge in [0.2, 0.25) is 5.91 Å². The monoisotopic (exact) mass is 472 g/mol. The van der Waals surface area contributed by atoms with E-state index in [9.17, 15) is 13.2 Å². The van der Waals surface area contributed by atoms with Gasteiger partial charge in [0.15, 0.2) is 15.0 Å². The molecule has 170 valence electrons. The number of carbonyl (C=O) groups excluding carboxylic acids is 1. The molecule has 0 spiro atoms. The van der Waals surface area contributed by atoms with E-state index >= 15 is 0 Å². The van der Waals surface area contributed by atoms with Crippen molar-refractivity contribution in [3.8, 4) is 0 Å². The molecule has 0 atom stereocenters. The van der Waals surface area contributed by atoms with Crippen molar-refractivity contribution in [1.29, 1.82) is 0 Å². The van der Waals surface area contributed by atoms with Crippen LogP contribution in [0.5, 0.6) is 0 Å². The standard InChI is InChI=1S/C23H28N4O3S2/c1-17-3-6-19(7-4-17)32(29,30)16-22(28)24-9-10-26-11-13-27(14-12-26)23-25-20-8-5-18(2)15-21(20)31-23/h3-8,15H,9-14,16H2,1-2H3,(H,24,28). The van der Waals surface area contributed by atoms with E-state index in [0.29, 0.717) is 13.1 Å². The molecule has 9 heteroatoms. The van der Waals surface area contributed by atoms with Crippen LogP contribution in [-0.4, -0.2) is 69.2 Å². The number of carbonyl (C=O) groups is 1. The van der Waals surface area contributed by atoms with E-state index in [0.717, 1.165) is 42.4 Å². The second-order valence-electron chi connectivity index (χ2n) is 8.22. The van der Waals surface area contributed by atoms with Crippen LogP contribution < -0.4 is 10.2 Å². The summed E-state index contributed by atoms with van der Waals surface area (Å²) in [5.41, 5.74) is 3.26. The van der Waals surface area contributed by atoms with Crippen molar-refractivity contribution in [2.75, 3.05) is 49.9 Å². The van der Waals surface area contributed by atoms with Crippen LogP contribution in [0, 0.1) is 13.8 Å². The van der Waals surface area contributed by atoms with Crippen LogP contribution in [0.25, 0.3) is 10.2 Å². The van der Waals surface area contributed by atoms with Gasteiger partial charge in [-0.3, -0.25) is 9.69 Å². The first-order valence-electron chi connectivity index (χ1n) is 10.7. The third-order valence-corrected chi connectivity index (χ3v) is 8.34. The number of rotatable bonds is 7. The van der Waals surface area contributed by atoms with Gasteiger partial charge in [0.25, 0.3) is 0 Å². The lowest BCUT2D eigenvalue weighted by Crippen LogP contribution is -2.48. The number of nitrogens with one attached hydrogen (secondary N) is 1. The van der Waals surface area contributed by atoms with E-state index in [1.165, 1.54) is 10.3 Å². The second-order valence-corrected chi connectivity index (χ2v) is 11.2. The minimum atomic E-state index is -3.62. The normalized spacial score (nSPS) is 15.2. The number of aromatic nitrogens is 1. The van der Waals surface area contributed by atoms with Crippen LogP contribution in [-0.2, 0) is 14.6 Å². The summed E-state index contributed by atoms with van der Waals surface area (Å²) >= 11 is 1.73. The van der Waals surface area contributed by atoms with Gasteiger partial charge < -0.3 is 10.2 Å². The quantitative estimate of drug-likeness (QED) is 0.569. The second kappa shape index (κ2) is 9.56. The fraction of sp³-hybridized carbons (Fsp3) is 0.391. The average molecular weight is 473 g/mol. The number of benzene rings is 2. The molecule has 1 amide bonds. The van der Waals surface area contributed by atoms with Crippen molar-refractivity contribution in [2.45, 2.75) is 18.7 Å². The zero-order valence-corrected chi connectivity index (χ0v) is 20.0. The minimum Gasteiger partial charge on any atom is -0.354 e. The van der Waals surface area contributed by atoms with Gasteiger partial charge in [0.1, 0.15) is 5.75 Å². The molecular formula is C23H28N4O3S2. The Labute approximate surface area is 193 Å². The lowest BCUT2D eigenvalue weighted by Gasteiger charge is -2.34. The Morgan fingerprint density at radius 2 is 1.72 bits per heavy atom.